The van der Waals surface area contributed by atoms with E-state index in [4.69, 9.17) is 33.2 Å². The molecule has 7 nitrogen and oxygen atoms in total. The summed E-state index contributed by atoms with van der Waals surface area (Å²) in [4.78, 5) is 27.5. The van der Waals surface area contributed by atoms with Crippen LogP contribution in [0.25, 0.3) is 0 Å². The van der Waals surface area contributed by atoms with Gasteiger partial charge in [-0.15, -0.1) is 0 Å². The molecule has 2 N–H and O–H groups in total. The number of rotatable bonds is 9. The van der Waals surface area contributed by atoms with Crippen molar-refractivity contribution in [2.75, 3.05) is 31.5 Å². The summed E-state index contributed by atoms with van der Waals surface area (Å²) in [6.45, 7) is 3.45. The molecule has 0 spiro atoms. The minimum atomic E-state index is -0.745. The van der Waals surface area contributed by atoms with Crippen molar-refractivity contribution in [2.24, 2.45) is 0 Å². The van der Waals surface area contributed by atoms with Gasteiger partial charge in [0.1, 0.15) is 5.75 Å². The highest BCUT2D eigenvalue weighted by atomic mass is 79.9. The zero-order valence-corrected chi connectivity index (χ0v) is 23.8. The summed E-state index contributed by atoms with van der Waals surface area (Å²) < 4.78 is 21.3. The molecule has 0 unspecified atom stereocenters. The molecule has 4 rings (SSSR count). The monoisotopic (exact) mass is 632 g/mol. The largest absolute Gasteiger partial charge is 0.453 e. The van der Waals surface area contributed by atoms with Crippen LogP contribution < -0.4 is 15.4 Å². The van der Waals surface area contributed by atoms with Gasteiger partial charge >= 0.3 is 0 Å². The van der Waals surface area contributed by atoms with E-state index in [0.29, 0.717) is 22.3 Å². The van der Waals surface area contributed by atoms with Gasteiger partial charge in [-0.3, -0.25) is 9.59 Å². The lowest BCUT2D eigenvalue weighted by Gasteiger charge is -2.15. The van der Waals surface area contributed by atoms with Crippen LogP contribution in [0.1, 0.15) is 34.3 Å². The number of hydrogen-bond donors (Lipinski definition) is 2. The van der Waals surface area contributed by atoms with E-state index >= 15 is 4.39 Å². The predicted molar refractivity (Wildman–Crippen MR) is 152 cm³/mol. The molecule has 0 bridgehead atoms. The van der Waals surface area contributed by atoms with E-state index in [0.717, 1.165) is 19.6 Å². The Hall–Kier alpha value is -3.16. The van der Waals surface area contributed by atoms with Crippen LogP contribution >= 0.6 is 39.1 Å². The number of nitriles is 1. The Labute approximate surface area is 244 Å². The maximum Gasteiger partial charge on any atom is 0.251 e. The van der Waals surface area contributed by atoms with Crippen LogP contribution in [0, 0.1) is 17.1 Å². The fourth-order valence-corrected chi connectivity index (χ4v) is 5.01. The van der Waals surface area contributed by atoms with E-state index in [2.05, 4.69) is 31.5 Å². The molecule has 39 heavy (non-hydrogen) atoms. The van der Waals surface area contributed by atoms with Crippen molar-refractivity contribution in [1.29, 1.82) is 5.26 Å². The van der Waals surface area contributed by atoms with Crippen molar-refractivity contribution in [3.05, 3.63) is 85.6 Å². The SMILES string of the molecule is N#Cc1cc(Cl)cc(Oc2c(Br)ccc(CC(=O)Nc3ccc(C(=O)NCCN4CCCC4)cc3Cl)c2F)c1. The third-order valence-electron chi connectivity index (χ3n) is 6.12. The number of benzene rings is 3. The lowest BCUT2D eigenvalue weighted by atomic mass is 10.1. The number of nitrogens with zero attached hydrogens (tertiary/aromatic N) is 2. The van der Waals surface area contributed by atoms with Gasteiger partial charge in [0, 0.05) is 29.2 Å². The Bertz CT molecular complexity index is 1440. The molecule has 0 radical (unpaired) electrons. The topological polar surface area (TPSA) is 94.5 Å². The van der Waals surface area contributed by atoms with E-state index in [1.54, 1.807) is 12.1 Å². The second-order valence-electron chi connectivity index (χ2n) is 8.96. The van der Waals surface area contributed by atoms with Gasteiger partial charge in [-0.25, -0.2) is 4.39 Å². The molecular formula is C28H24BrCl2FN4O3. The third kappa shape index (κ3) is 7.70. The van der Waals surface area contributed by atoms with Crippen LogP contribution in [-0.4, -0.2) is 42.9 Å². The molecule has 0 atom stereocenters. The van der Waals surface area contributed by atoms with Gasteiger partial charge in [-0.05, 0) is 84.3 Å². The lowest BCUT2D eigenvalue weighted by Crippen LogP contribution is -2.33. The fourth-order valence-electron chi connectivity index (χ4n) is 4.17. The second-order valence-corrected chi connectivity index (χ2v) is 10.7. The quantitative estimate of drug-likeness (QED) is 0.278. The van der Waals surface area contributed by atoms with Crippen LogP contribution in [0.3, 0.4) is 0 Å². The molecular weight excluding hydrogens is 610 g/mol. The van der Waals surface area contributed by atoms with Crippen LogP contribution in [0.4, 0.5) is 10.1 Å². The number of amides is 2. The molecule has 202 valence electrons. The maximum absolute atomic E-state index is 15.3. The highest BCUT2D eigenvalue weighted by Crippen LogP contribution is 2.36. The van der Waals surface area contributed by atoms with Gasteiger partial charge in [0.25, 0.3) is 5.91 Å². The van der Waals surface area contributed by atoms with Gasteiger partial charge < -0.3 is 20.3 Å². The normalized spacial score (nSPS) is 13.1. The number of carbonyl (C=O) groups excluding carboxylic acids is 2. The third-order valence-corrected chi connectivity index (χ3v) is 7.27. The number of carbonyl (C=O) groups is 2. The van der Waals surface area contributed by atoms with E-state index in [1.807, 2.05) is 6.07 Å². The molecule has 1 aliphatic rings. The number of hydrogen-bond acceptors (Lipinski definition) is 5. The fraction of sp³-hybridized carbons (Fsp3) is 0.250. The molecule has 0 aromatic heterocycles. The smallest absolute Gasteiger partial charge is 0.251 e. The van der Waals surface area contributed by atoms with Crippen molar-refractivity contribution in [1.82, 2.24) is 10.2 Å². The number of likely N-dealkylation sites (tertiary alicyclic amines) is 1. The van der Waals surface area contributed by atoms with Gasteiger partial charge in [0.2, 0.25) is 5.91 Å². The molecule has 1 fully saturated rings. The summed E-state index contributed by atoms with van der Waals surface area (Å²) in [5.41, 5.74) is 1.01. The summed E-state index contributed by atoms with van der Waals surface area (Å²) in [7, 11) is 0. The summed E-state index contributed by atoms with van der Waals surface area (Å²) in [5, 5.41) is 15.1. The van der Waals surface area contributed by atoms with E-state index in [1.165, 1.54) is 49.2 Å². The zero-order chi connectivity index (χ0) is 27.9. The molecule has 11 heteroatoms. The first-order valence-electron chi connectivity index (χ1n) is 12.2. The second kappa shape index (κ2) is 13.3. The lowest BCUT2D eigenvalue weighted by molar-refractivity contribution is -0.115. The highest BCUT2D eigenvalue weighted by Gasteiger charge is 2.19. The van der Waals surface area contributed by atoms with Gasteiger partial charge in [-0.1, -0.05) is 29.3 Å². The molecule has 0 aliphatic carbocycles. The van der Waals surface area contributed by atoms with Gasteiger partial charge in [-0.2, -0.15) is 5.26 Å². The molecule has 1 heterocycles. The highest BCUT2D eigenvalue weighted by molar-refractivity contribution is 9.10. The number of nitrogens with one attached hydrogen (secondary N) is 2. The van der Waals surface area contributed by atoms with Crippen molar-refractivity contribution >= 4 is 56.6 Å². The van der Waals surface area contributed by atoms with E-state index < -0.39 is 11.7 Å². The van der Waals surface area contributed by atoms with Gasteiger partial charge in [0.15, 0.2) is 11.6 Å². The maximum atomic E-state index is 15.3. The molecule has 1 aliphatic heterocycles. The number of halogens is 4. The first-order chi connectivity index (χ1) is 18.7. The van der Waals surface area contributed by atoms with Crippen molar-refractivity contribution in [3.63, 3.8) is 0 Å². The minimum absolute atomic E-state index is 0.0818. The van der Waals surface area contributed by atoms with Crippen LogP contribution in [-0.2, 0) is 11.2 Å². The molecule has 0 saturated carbocycles. The standard InChI is InChI=1S/C28H24BrCl2FN4O3/c29-22-5-3-18(26(32)27(22)39-21-12-17(16-33)11-20(30)15-21)14-25(37)35-24-6-4-19(13-23(24)31)28(38)34-7-10-36-8-1-2-9-36/h3-6,11-13,15H,1-2,7-10,14H2,(H,34,38)(H,35,37). The van der Waals surface area contributed by atoms with Crippen LogP contribution in [0.15, 0.2) is 53.0 Å². The van der Waals surface area contributed by atoms with Crippen molar-refractivity contribution in [3.8, 4) is 17.6 Å². The van der Waals surface area contributed by atoms with Crippen molar-refractivity contribution < 1.29 is 18.7 Å². The average Bonchev–Trinajstić information content (AvgIpc) is 3.42. The molecule has 2 amide bonds. The molecule has 3 aromatic carbocycles. The summed E-state index contributed by atoms with van der Waals surface area (Å²) in [5.74, 6) is -1.48. The zero-order valence-electron chi connectivity index (χ0n) is 20.7. The predicted octanol–water partition coefficient (Wildman–Crippen LogP) is 6.57. The molecule has 1 saturated heterocycles. The Morgan fingerprint density at radius 3 is 2.59 bits per heavy atom. The average molecular weight is 634 g/mol. The van der Waals surface area contributed by atoms with Gasteiger partial charge in [0.05, 0.1) is 33.2 Å². The summed E-state index contributed by atoms with van der Waals surface area (Å²) in [6, 6.07) is 13.9. The Balaban J connectivity index is 1.39. The van der Waals surface area contributed by atoms with Crippen LogP contribution in [0.2, 0.25) is 10.0 Å². The van der Waals surface area contributed by atoms with E-state index in [9.17, 15) is 9.59 Å². The van der Waals surface area contributed by atoms with Crippen molar-refractivity contribution in [2.45, 2.75) is 19.3 Å². The first-order valence-corrected chi connectivity index (χ1v) is 13.7. The summed E-state index contributed by atoms with van der Waals surface area (Å²) in [6.07, 6.45) is 2.07. The Morgan fingerprint density at radius 2 is 1.87 bits per heavy atom. The first kappa shape index (κ1) is 28.8. The number of anilines is 1. The van der Waals surface area contributed by atoms with E-state index in [-0.39, 0.29) is 45.0 Å². The minimum Gasteiger partial charge on any atom is -0.453 e. The summed E-state index contributed by atoms with van der Waals surface area (Å²) >= 11 is 15.6. The number of ether oxygens (including phenoxy) is 1. The van der Waals surface area contributed by atoms with Crippen LogP contribution in [0.5, 0.6) is 11.5 Å². The Morgan fingerprint density at radius 1 is 1.10 bits per heavy atom. The Kier molecular flexibility index (Phi) is 9.81. The molecule has 3 aromatic rings.